The van der Waals surface area contributed by atoms with Crippen LogP contribution in [-0.2, 0) is 5.60 Å². The summed E-state index contributed by atoms with van der Waals surface area (Å²) in [5, 5.41) is 28.9. The van der Waals surface area contributed by atoms with Crippen molar-refractivity contribution in [2.75, 3.05) is 6.61 Å². The monoisotopic (exact) mass is 220 g/mol. The smallest absolute Gasteiger partial charge is 0.190 e. The van der Waals surface area contributed by atoms with Crippen molar-refractivity contribution < 1.29 is 20.1 Å². The number of benzene rings is 1. The quantitative estimate of drug-likeness (QED) is 0.651. The summed E-state index contributed by atoms with van der Waals surface area (Å²) >= 11 is 0. The molecule has 1 aromatic carbocycles. The Morgan fingerprint density at radius 2 is 2.06 bits per heavy atom. The highest BCUT2D eigenvalue weighted by atomic mass is 16.3. The fraction of sp³-hybridized carbons (Fsp3) is 0.250. The van der Waals surface area contributed by atoms with Crippen molar-refractivity contribution in [3.8, 4) is 5.75 Å². The summed E-state index contributed by atoms with van der Waals surface area (Å²) in [5.41, 5.74) is -0.763. The molecule has 0 saturated carbocycles. The molecule has 1 aliphatic carbocycles. The second-order valence-corrected chi connectivity index (χ2v) is 3.96. The second-order valence-electron chi connectivity index (χ2n) is 3.96. The lowest BCUT2D eigenvalue weighted by atomic mass is 9.79. The van der Waals surface area contributed by atoms with Gasteiger partial charge in [-0.25, -0.2) is 0 Å². The van der Waals surface area contributed by atoms with Crippen LogP contribution in [0.3, 0.4) is 0 Å². The molecular formula is C12H12O4. The molecule has 0 fully saturated rings. The van der Waals surface area contributed by atoms with Gasteiger partial charge in [0, 0.05) is 5.56 Å². The number of phenols is 1. The van der Waals surface area contributed by atoms with Gasteiger partial charge in [-0.1, -0.05) is 12.1 Å². The van der Waals surface area contributed by atoms with E-state index in [1.807, 2.05) is 0 Å². The number of phenolic OH excluding ortho intramolecular Hbond substituents is 1. The number of aliphatic hydroxyl groups is 2. The minimum Gasteiger partial charge on any atom is -0.507 e. The molecule has 1 atom stereocenters. The van der Waals surface area contributed by atoms with E-state index in [2.05, 4.69) is 0 Å². The van der Waals surface area contributed by atoms with Crippen molar-refractivity contribution in [1.82, 2.24) is 0 Å². The molecule has 4 nitrogen and oxygen atoms in total. The maximum Gasteiger partial charge on any atom is 0.190 e. The molecule has 4 heteroatoms. The van der Waals surface area contributed by atoms with Crippen LogP contribution >= 0.6 is 0 Å². The summed E-state index contributed by atoms with van der Waals surface area (Å²) in [4.78, 5) is 11.7. The number of carbonyl (C=O) groups is 1. The van der Waals surface area contributed by atoms with Crippen molar-refractivity contribution in [3.05, 3.63) is 41.0 Å². The Morgan fingerprint density at radius 3 is 2.69 bits per heavy atom. The average Bonchev–Trinajstić information content (AvgIpc) is 2.23. The summed E-state index contributed by atoms with van der Waals surface area (Å²) in [6.45, 7) is 1.09. The van der Waals surface area contributed by atoms with Crippen molar-refractivity contribution in [1.29, 1.82) is 0 Å². The molecular weight excluding hydrogens is 208 g/mol. The van der Waals surface area contributed by atoms with E-state index in [0.29, 0.717) is 5.56 Å². The Labute approximate surface area is 92.5 Å². The van der Waals surface area contributed by atoms with Crippen LogP contribution in [0.1, 0.15) is 22.8 Å². The Balaban J connectivity index is 2.72. The second kappa shape index (κ2) is 3.43. The van der Waals surface area contributed by atoms with Crippen LogP contribution in [-0.4, -0.2) is 27.7 Å². The third-order valence-corrected chi connectivity index (χ3v) is 2.91. The maximum atomic E-state index is 11.7. The van der Waals surface area contributed by atoms with E-state index in [0.717, 1.165) is 0 Å². The molecule has 0 aromatic heterocycles. The normalized spacial score (nSPS) is 23.9. The molecule has 0 heterocycles. The Morgan fingerprint density at radius 1 is 1.38 bits per heavy atom. The highest BCUT2D eigenvalue weighted by Gasteiger charge is 2.37. The molecule has 0 bridgehead atoms. The Hall–Kier alpha value is -1.65. The van der Waals surface area contributed by atoms with Crippen molar-refractivity contribution in [3.63, 3.8) is 0 Å². The number of fused-ring (bicyclic) bond motifs is 1. The fourth-order valence-electron chi connectivity index (χ4n) is 1.95. The number of hydrogen-bond acceptors (Lipinski definition) is 4. The van der Waals surface area contributed by atoms with E-state index in [1.165, 1.54) is 19.1 Å². The lowest BCUT2D eigenvalue weighted by molar-refractivity contribution is 0.0744. The van der Waals surface area contributed by atoms with E-state index in [4.69, 9.17) is 5.11 Å². The molecule has 0 aliphatic heterocycles. The predicted octanol–water partition coefficient (Wildman–Crippen LogP) is 0.715. The third-order valence-electron chi connectivity index (χ3n) is 2.91. The number of carbonyl (C=O) groups excluding carboxylic acids is 1. The van der Waals surface area contributed by atoms with E-state index in [9.17, 15) is 15.0 Å². The van der Waals surface area contributed by atoms with Gasteiger partial charge in [-0.15, -0.1) is 0 Å². The number of rotatable bonds is 1. The van der Waals surface area contributed by atoms with Gasteiger partial charge in [-0.05, 0) is 24.6 Å². The minimum absolute atomic E-state index is 0.102. The van der Waals surface area contributed by atoms with Gasteiger partial charge in [0.2, 0.25) is 0 Å². The SMILES string of the molecule is C[C@]1(O)C(CO)=CC(=O)c2c(O)cccc21. The van der Waals surface area contributed by atoms with Gasteiger partial charge in [-0.3, -0.25) is 4.79 Å². The van der Waals surface area contributed by atoms with Gasteiger partial charge < -0.3 is 15.3 Å². The minimum atomic E-state index is -1.42. The molecule has 0 spiro atoms. The first-order valence-corrected chi connectivity index (χ1v) is 4.89. The lowest BCUT2D eigenvalue weighted by Crippen LogP contribution is -2.32. The zero-order chi connectivity index (χ0) is 11.9. The highest BCUT2D eigenvalue weighted by Crippen LogP contribution is 2.38. The van der Waals surface area contributed by atoms with Gasteiger partial charge in [0.15, 0.2) is 5.78 Å². The molecule has 16 heavy (non-hydrogen) atoms. The molecule has 0 amide bonds. The first-order chi connectivity index (χ1) is 7.48. The summed E-state index contributed by atoms with van der Waals surface area (Å²) in [6, 6.07) is 4.51. The van der Waals surface area contributed by atoms with Gasteiger partial charge >= 0.3 is 0 Å². The van der Waals surface area contributed by atoms with Gasteiger partial charge in [0.05, 0.1) is 12.2 Å². The number of ketones is 1. The number of aliphatic hydroxyl groups excluding tert-OH is 1. The summed E-state index contributed by atoms with van der Waals surface area (Å²) < 4.78 is 0. The van der Waals surface area contributed by atoms with Gasteiger partial charge in [-0.2, -0.15) is 0 Å². The molecule has 1 aromatic rings. The average molecular weight is 220 g/mol. The standard InChI is InChI=1S/C12H12O4/c1-12(16)7(6-13)5-10(15)11-8(12)3-2-4-9(11)14/h2-5,13-14,16H,6H2,1H3/t12-/m0/s1. The van der Waals surface area contributed by atoms with Crippen LogP contribution in [0, 0.1) is 0 Å². The Bertz CT molecular complexity index is 486. The lowest BCUT2D eigenvalue weighted by Gasteiger charge is -2.31. The van der Waals surface area contributed by atoms with Gasteiger partial charge in [0.25, 0.3) is 0 Å². The fourth-order valence-corrected chi connectivity index (χ4v) is 1.95. The molecule has 1 aliphatic rings. The topological polar surface area (TPSA) is 77.8 Å². The van der Waals surface area contributed by atoms with E-state index < -0.39 is 18.0 Å². The molecule has 0 saturated heterocycles. The van der Waals surface area contributed by atoms with Crippen LogP contribution in [0.25, 0.3) is 0 Å². The first kappa shape index (κ1) is 10.9. The van der Waals surface area contributed by atoms with E-state index >= 15 is 0 Å². The summed E-state index contributed by atoms with van der Waals surface area (Å²) in [6.07, 6.45) is 1.17. The van der Waals surface area contributed by atoms with Crippen LogP contribution < -0.4 is 0 Å². The molecule has 84 valence electrons. The van der Waals surface area contributed by atoms with E-state index in [-0.39, 0.29) is 16.9 Å². The Kier molecular flexibility index (Phi) is 2.33. The van der Waals surface area contributed by atoms with Crippen molar-refractivity contribution >= 4 is 5.78 Å². The van der Waals surface area contributed by atoms with Crippen LogP contribution in [0.2, 0.25) is 0 Å². The molecule has 0 unspecified atom stereocenters. The zero-order valence-corrected chi connectivity index (χ0v) is 8.77. The van der Waals surface area contributed by atoms with Crippen molar-refractivity contribution in [2.45, 2.75) is 12.5 Å². The van der Waals surface area contributed by atoms with Gasteiger partial charge in [0.1, 0.15) is 11.4 Å². The molecule has 0 radical (unpaired) electrons. The first-order valence-electron chi connectivity index (χ1n) is 4.89. The van der Waals surface area contributed by atoms with Crippen molar-refractivity contribution in [2.24, 2.45) is 0 Å². The number of allylic oxidation sites excluding steroid dienone is 1. The maximum absolute atomic E-state index is 11.7. The third kappa shape index (κ3) is 1.35. The highest BCUT2D eigenvalue weighted by molar-refractivity contribution is 6.09. The number of hydrogen-bond donors (Lipinski definition) is 3. The zero-order valence-electron chi connectivity index (χ0n) is 8.77. The van der Waals surface area contributed by atoms with Crippen LogP contribution in [0.5, 0.6) is 5.75 Å². The number of aromatic hydroxyl groups is 1. The van der Waals surface area contributed by atoms with Crippen LogP contribution in [0.15, 0.2) is 29.8 Å². The summed E-state index contributed by atoms with van der Waals surface area (Å²) in [7, 11) is 0. The largest absolute Gasteiger partial charge is 0.507 e. The van der Waals surface area contributed by atoms with Crippen LogP contribution in [0.4, 0.5) is 0 Å². The molecule has 2 rings (SSSR count). The summed E-state index contributed by atoms with van der Waals surface area (Å²) in [5.74, 6) is -0.556. The van der Waals surface area contributed by atoms with E-state index in [1.54, 1.807) is 12.1 Å². The predicted molar refractivity (Wildman–Crippen MR) is 57.2 cm³/mol. The molecule has 3 N–H and O–H groups in total.